The van der Waals surface area contributed by atoms with Crippen LogP contribution < -0.4 is 20.2 Å². The molecule has 0 aliphatic carbocycles. The Hall–Kier alpha value is -4.10. The number of halogens is 1. The van der Waals surface area contributed by atoms with Crippen molar-refractivity contribution in [2.45, 2.75) is 0 Å². The first kappa shape index (κ1) is 21.1. The number of fused-ring (bicyclic) bond motifs is 1. The van der Waals surface area contributed by atoms with Gasteiger partial charge in [0.25, 0.3) is 11.8 Å². The van der Waals surface area contributed by atoms with Crippen molar-refractivity contribution in [3.63, 3.8) is 0 Å². The van der Waals surface area contributed by atoms with Crippen molar-refractivity contribution in [2.75, 3.05) is 6.79 Å². The summed E-state index contributed by atoms with van der Waals surface area (Å²) < 4.78 is 10.6. The van der Waals surface area contributed by atoms with Crippen molar-refractivity contribution < 1.29 is 19.1 Å². The van der Waals surface area contributed by atoms with Gasteiger partial charge < -0.3 is 14.8 Å². The van der Waals surface area contributed by atoms with Gasteiger partial charge in [-0.2, -0.15) is 5.10 Å². The number of hydrogen-bond acceptors (Lipinski definition) is 5. The summed E-state index contributed by atoms with van der Waals surface area (Å²) in [6, 6.07) is 21.0. The van der Waals surface area contributed by atoms with Crippen molar-refractivity contribution in [1.29, 1.82) is 0 Å². The van der Waals surface area contributed by atoms with Crippen molar-refractivity contribution >= 4 is 35.7 Å². The highest BCUT2D eigenvalue weighted by molar-refractivity contribution is 6.34. The SMILES string of the molecule is O=C(N/N=C\c1ccc2c(c1)OCO2)/C(=C\c1ccccc1)NC(=O)c1ccccc1Cl. The molecule has 4 rings (SSSR count). The van der Waals surface area contributed by atoms with Gasteiger partial charge in [-0.05, 0) is 47.5 Å². The van der Waals surface area contributed by atoms with E-state index >= 15 is 0 Å². The molecule has 32 heavy (non-hydrogen) atoms. The van der Waals surface area contributed by atoms with E-state index in [1.807, 2.05) is 30.3 Å². The van der Waals surface area contributed by atoms with E-state index in [9.17, 15) is 9.59 Å². The lowest BCUT2D eigenvalue weighted by Gasteiger charge is -2.10. The molecule has 2 amide bonds. The van der Waals surface area contributed by atoms with E-state index < -0.39 is 11.8 Å². The molecule has 0 radical (unpaired) electrons. The third-order valence-corrected chi connectivity index (χ3v) is 4.83. The Morgan fingerprint density at radius 2 is 1.66 bits per heavy atom. The Morgan fingerprint density at radius 3 is 2.47 bits per heavy atom. The first-order valence-electron chi connectivity index (χ1n) is 9.66. The van der Waals surface area contributed by atoms with Crippen molar-refractivity contribution in [1.82, 2.24) is 10.7 Å². The standard InChI is InChI=1S/C24H18ClN3O4/c25-19-9-5-4-8-18(19)23(29)27-20(12-16-6-2-1-3-7-16)24(30)28-26-14-17-10-11-21-22(13-17)32-15-31-21/h1-14H,15H2,(H,27,29)(H,28,30)/b20-12+,26-14-. The number of rotatable bonds is 6. The van der Waals surface area contributed by atoms with Gasteiger partial charge in [-0.25, -0.2) is 5.43 Å². The Morgan fingerprint density at radius 1 is 0.906 bits per heavy atom. The van der Waals surface area contributed by atoms with Crippen LogP contribution in [0.1, 0.15) is 21.5 Å². The van der Waals surface area contributed by atoms with Crippen LogP contribution in [0.25, 0.3) is 6.08 Å². The lowest BCUT2D eigenvalue weighted by molar-refractivity contribution is -0.117. The molecule has 0 aromatic heterocycles. The molecular weight excluding hydrogens is 430 g/mol. The van der Waals surface area contributed by atoms with Gasteiger partial charge >= 0.3 is 0 Å². The van der Waals surface area contributed by atoms with Gasteiger partial charge in [-0.15, -0.1) is 0 Å². The summed E-state index contributed by atoms with van der Waals surface area (Å²) in [7, 11) is 0. The highest BCUT2D eigenvalue weighted by Gasteiger charge is 2.16. The molecule has 160 valence electrons. The molecule has 0 bridgehead atoms. The van der Waals surface area contributed by atoms with Gasteiger partial charge in [0.05, 0.1) is 16.8 Å². The Kier molecular flexibility index (Phi) is 6.48. The topological polar surface area (TPSA) is 89.0 Å². The zero-order valence-corrected chi connectivity index (χ0v) is 17.5. The highest BCUT2D eigenvalue weighted by atomic mass is 35.5. The average molecular weight is 448 g/mol. The third kappa shape index (κ3) is 5.14. The lowest BCUT2D eigenvalue weighted by atomic mass is 10.1. The van der Waals surface area contributed by atoms with Gasteiger partial charge in [-0.1, -0.05) is 54.1 Å². The van der Waals surface area contributed by atoms with E-state index in [0.29, 0.717) is 17.1 Å². The maximum atomic E-state index is 12.8. The molecular formula is C24H18ClN3O4. The second-order valence-electron chi connectivity index (χ2n) is 6.71. The highest BCUT2D eigenvalue weighted by Crippen LogP contribution is 2.31. The minimum Gasteiger partial charge on any atom is -0.454 e. The van der Waals surface area contributed by atoms with Crippen molar-refractivity contribution in [2.24, 2.45) is 5.10 Å². The summed E-state index contributed by atoms with van der Waals surface area (Å²) in [5.74, 6) is 0.164. The largest absolute Gasteiger partial charge is 0.454 e. The number of amides is 2. The first-order valence-corrected chi connectivity index (χ1v) is 10.0. The molecule has 3 aromatic carbocycles. The third-order valence-electron chi connectivity index (χ3n) is 4.50. The van der Waals surface area contributed by atoms with Crippen LogP contribution in [0.3, 0.4) is 0 Å². The fourth-order valence-electron chi connectivity index (χ4n) is 2.93. The number of carbonyl (C=O) groups excluding carboxylic acids is 2. The van der Waals surface area contributed by atoms with E-state index in [1.165, 1.54) is 6.21 Å². The predicted octanol–water partition coefficient (Wildman–Crippen LogP) is 3.99. The molecule has 0 fully saturated rings. The molecule has 0 atom stereocenters. The van der Waals surface area contributed by atoms with Crippen LogP contribution in [0.2, 0.25) is 5.02 Å². The molecule has 7 nitrogen and oxygen atoms in total. The smallest absolute Gasteiger partial charge is 0.287 e. The summed E-state index contributed by atoms with van der Waals surface area (Å²) in [4.78, 5) is 25.5. The van der Waals surface area contributed by atoms with Gasteiger partial charge in [0.15, 0.2) is 11.5 Å². The van der Waals surface area contributed by atoms with Crippen LogP contribution in [-0.2, 0) is 4.79 Å². The molecule has 1 heterocycles. The van der Waals surface area contributed by atoms with Gasteiger partial charge in [-0.3, -0.25) is 9.59 Å². The Bertz CT molecular complexity index is 1210. The minimum absolute atomic E-state index is 0.0176. The van der Waals surface area contributed by atoms with Crippen LogP contribution in [0.15, 0.2) is 83.6 Å². The number of hydrogen-bond donors (Lipinski definition) is 2. The van der Waals surface area contributed by atoms with E-state index in [4.69, 9.17) is 21.1 Å². The summed E-state index contributed by atoms with van der Waals surface area (Å²) >= 11 is 6.11. The van der Waals surface area contributed by atoms with E-state index in [1.54, 1.807) is 48.5 Å². The number of hydrazone groups is 1. The Balaban J connectivity index is 1.51. The average Bonchev–Trinajstić information content (AvgIpc) is 3.27. The molecule has 0 spiro atoms. The molecule has 1 aliphatic rings. The normalized spacial score (nSPS) is 12.6. The molecule has 0 saturated carbocycles. The monoisotopic (exact) mass is 447 g/mol. The number of nitrogens with zero attached hydrogens (tertiary/aromatic N) is 1. The molecule has 0 saturated heterocycles. The maximum absolute atomic E-state index is 12.8. The molecule has 2 N–H and O–H groups in total. The summed E-state index contributed by atoms with van der Waals surface area (Å²) in [6.45, 7) is 0.172. The zero-order chi connectivity index (χ0) is 22.3. The number of carbonyl (C=O) groups is 2. The minimum atomic E-state index is -0.591. The fourth-order valence-corrected chi connectivity index (χ4v) is 3.15. The summed E-state index contributed by atoms with van der Waals surface area (Å²) in [5.41, 5.74) is 4.15. The summed E-state index contributed by atoms with van der Waals surface area (Å²) in [6.07, 6.45) is 3.02. The van der Waals surface area contributed by atoms with Gasteiger partial charge in [0.1, 0.15) is 5.70 Å². The first-order chi connectivity index (χ1) is 15.6. The number of benzene rings is 3. The van der Waals surface area contributed by atoms with Crippen LogP contribution in [0, 0.1) is 0 Å². The van der Waals surface area contributed by atoms with Crippen LogP contribution in [-0.4, -0.2) is 24.8 Å². The molecule has 3 aromatic rings. The summed E-state index contributed by atoms with van der Waals surface area (Å²) in [5, 5.41) is 6.89. The van der Waals surface area contributed by atoms with E-state index in [2.05, 4.69) is 15.8 Å². The molecule has 8 heteroatoms. The second-order valence-corrected chi connectivity index (χ2v) is 7.12. The number of ether oxygens (including phenoxy) is 2. The van der Waals surface area contributed by atoms with Gasteiger partial charge in [0, 0.05) is 0 Å². The van der Waals surface area contributed by atoms with E-state index in [-0.39, 0.29) is 23.1 Å². The maximum Gasteiger partial charge on any atom is 0.287 e. The molecule has 1 aliphatic heterocycles. The predicted molar refractivity (Wildman–Crippen MR) is 122 cm³/mol. The van der Waals surface area contributed by atoms with E-state index in [0.717, 1.165) is 5.56 Å². The van der Waals surface area contributed by atoms with Crippen LogP contribution in [0.5, 0.6) is 11.5 Å². The van der Waals surface area contributed by atoms with Crippen molar-refractivity contribution in [3.8, 4) is 11.5 Å². The lowest BCUT2D eigenvalue weighted by Crippen LogP contribution is -2.33. The van der Waals surface area contributed by atoms with Gasteiger partial charge in [0.2, 0.25) is 6.79 Å². The van der Waals surface area contributed by atoms with Crippen LogP contribution >= 0.6 is 11.6 Å². The number of nitrogens with one attached hydrogen (secondary N) is 2. The fraction of sp³-hybridized carbons (Fsp3) is 0.0417. The van der Waals surface area contributed by atoms with Crippen LogP contribution in [0.4, 0.5) is 0 Å². The Labute approximate surface area is 189 Å². The second kappa shape index (κ2) is 9.80. The quantitative estimate of drug-likeness (QED) is 0.339. The molecule has 0 unspecified atom stereocenters. The zero-order valence-electron chi connectivity index (χ0n) is 16.7. The van der Waals surface area contributed by atoms with Crippen molar-refractivity contribution in [3.05, 3.63) is 100 Å².